The largest absolute Gasteiger partial charge is 0.356 e. The molecule has 0 bridgehead atoms. The number of piperidine rings is 1. The molecule has 1 fully saturated rings. The molecule has 4 aliphatic rings. The number of Topliss-reactive ketones (excluding diaryl/α,β-unsaturated/α-hetero) is 2. The van der Waals surface area contributed by atoms with Gasteiger partial charge in [0.05, 0.1) is 28.8 Å². The monoisotopic (exact) mass is 527 g/mol. The minimum atomic E-state index is -1.64. The van der Waals surface area contributed by atoms with Crippen molar-refractivity contribution in [3.63, 3.8) is 0 Å². The molecule has 4 aromatic rings. The van der Waals surface area contributed by atoms with Crippen LogP contribution in [-0.2, 0) is 10.2 Å². The molecule has 4 unspecified atom stereocenters. The van der Waals surface area contributed by atoms with Crippen molar-refractivity contribution < 1.29 is 19.3 Å². The second kappa shape index (κ2) is 7.72. The first-order valence-corrected chi connectivity index (χ1v) is 13.1. The van der Waals surface area contributed by atoms with Gasteiger partial charge in [0, 0.05) is 34.6 Å². The highest BCUT2D eigenvalue weighted by Gasteiger charge is 2.73. The second-order valence-electron chi connectivity index (χ2n) is 10.8. The number of non-ortho nitro benzene ring substituents is 1. The average Bonchev–Trinajstić information content (AvgIpc) is 3.55. The van der Waals surface area contributed by atoms with E-state index in [1.807, 2.05) is 54.6 Å². The third-order valence-corrected chi connectivity index (χ3v) is 9.20. The third kappa shape index (κ3) is 2.58. The maximum Gasteiger partial charge on any atom is 0.269 e. The summed E-state index contributed by atoms with van der Waals surface area (Å²) in [5.41, 5.74) is 2.29. The molecular weight excluding hydrogens is 506 g/mol. The SMILES string of the molecule is O=C1c2ccccc2C2C1C1(C(=O)Nc3ccc([N+](=O)[O-])cc31)C1C(=O)c3ccccc3C1N2c1ccccc1. The molecule has 8 rings (SSSR count). The van der Waals surface area contributed by atoms with Crippen LogP contribution in [-0.4, -0.2) is 22.4 Å². The van der Waals surface area contributed by atoms with Crippen LogP contribution < -0.4 is 10.2 Å². The predicted octanol–water partition coefficient (Wildman–Crippen LogP) is 5.41. The van der Waals surface area contributed by atoms with E-state index in [4.69, 9.17) is 0 Å². The lowest BCUT2D eigenvalue weighted by Crippen LogP contribution is -2.62. The van der Waals surface area contributed by atoms with Gasteiger partial charge in [-0.2, -0.15) is 0 Å². The number of benzene rings is 4. The molecule has 1 saturated heterocycles. The van der Waals surface area contributed by atoms with Gasteiger partial charge in [-0.15, -0.1) is 0 Å². The number of anilines is 2. The molecule has 40 heavy (non-hydrogen) atoms. The summed E-state index contributed by atoms with van der Waals surface area (Å²) in [7, 11) is 0. The molecule has 0 aromatic heterocycles. The Labute approximate surface area is 228 Å². The molecule has 8 heteroatoms. The van der Waals surface area contributed by atoms with Crippen LogP contribution in [0, 0.1) is 22.0 Å². The predicted molar refractivity (Wildman–Crippen MR) is 146 cm³/mol. The number of carbonyl (C=O) groups excluding carboxylic acids is 3. The number of hydrogen-bond donors (Lipinski definition) is 1. The van der Waals surface area contributed by atoms with Crippen molar-refractivity contribution in [2.24, 2.45) is 11.8 Å². The Kier molecular flexibility index (Phi) is 4.41. The first kappa shape index (κ1) is 22.8. The highest BCUT2D eigenvalue weighted by Crippen LogP contribution is 2.67. The summed E-state index contributed by atoms with van der Waals surface area (Å²) in [6.07, 6.45) is 0. The molecule has 8 nitrogen and oxygen atoms in total. The van der Waals surface area contributed by atoms with Crippen LogP contribution in [0.4, 0.5) is 17.1 Å². The quantitative estimate of drug-likeness (QED) is 0.276. The molecule has 194 valence electrons. The lowest BCUT2D eigenvalue weighted by Gasteiger charge is -2.54. The standard InChI is InChI=1S/C32H21N3O5/c36-29-21-12-6-4-10-19(21)27-25(29)32(23-16-18(35(39)40)14-15-24(23)33-31(32)38)26-28(34(27)17-8-2-1-3-9-17)20-11-5-7-13-22(20)30(26)37/h1-16,25-28H,(H,33,38). The molecule has 1 spiro atoms. The van der Waals surface area contributed by atoms with Crippen molar-refractivity contribution in [2.75, 3.05) is 10.2 Å². The van der Waals surface area contributed by atoms with E-state index in [2.05, 4.69) is 10.2 Å². The van der Waals surface area contributed by atoms with Crippen molar-refractivity contribution in [3.05, 3.63) is 135 Å². The number of para-hydroxylation sites is 1. The zero-order chi connectivity index (χ0) is 27.3. The van der Waals surface area contributed by atoms with E-state index in [0.717, 1.165) is 16.8 Å². The summed E-state index contributed by atoms with van der Waals surface area (Å²) in [6.45, 7) is 0. The first-order chi connectivity index (χ1) is 19.4. The summed E-state index contributed by atoms with van der Waals surface area (Å²) in [4.78, 5) is 56.8. The van der Waals surface area contributed by atoms with Crippen LogP contribution >= 0.6 is 0 Å². The van der Waals surface area contributed by atoms with Crippen molar-refractivity contribution in [3.8, 4) is 0 Å². The van der Waals surface area contributed by atoms with Crippen LogP contribution in [0.5, 0.6) is 0 Å². The molecule has 4 aromatic carbocycles. The fourth-order valence-electron chi connectivity index (χ4n) is 7.82. The number of nitro groups is 1. The van der Waals surface area contributed by atoms with E-state index in [1.165, 1.54) is 18.2 Å². The molecular formula is C32H21N3O5. The van der Waals surface area contributed by atoms with Gasteiger partial charge in [-0.3, -0.25) is 24.5 Å². The van der Waals surface area contributed by atoms with Gasteiger partial charge in [0.2, 0.25) is 5.91 Å². The second-order valence-corrected chi connectivity index (χ2v) is 10.8. The minimum Gasteiger partial charge on any atom is -0.356 e. The van der Waals surface area contributed by atoms with E-state index in [-0.39, 0.29) is 17.3 Å². The van der Waals surface area contributed by atoms with Gasteiger partial charge in [-0.1, -0.05) is 66.7 Å². The molecule has 4 atom stereocenters. The zero-order valence-electron chi connectivity index (χ0n) is 21.0. The van der Waals surface area contributed by atoms with Gasteiger partial charge in [-0.05, 0) is 34.9 Å². The van der Waals surface area contributed by atoms with Crippen molar-refractivity contribution >= 4 is 34.5 Å². The van der Waals surface area contributed by atoms with Crippen LogP contribution in [0.25, 0.3) is 0 Å². The van der Waals surface area contributed by atoms with E-state index >= 15 is 0 Å². The average molecular weight is 528 g/mol. The number of amides is 1. The van der Waals surface area contributed by atoms with Gasteiger partial charge in [-0.25, -0.2) is 0 Å². The van der Waals surface area contributed by atoms with Crippen molar-refractivity contribution in [1.82, 2.24) is 0 Å². The summed E-state index contributed by atoms with van der Waals surface area (Å²) in [5, 5.41) is 14.8. The minimum absolute atomic E-state index is 0.195. The summed E-state index contributed by atoms with van der Waals surface area (Å²) in [6, 6.07) is 27.4. The van der Waals surface area contributed by atoms with Crippen LogP contribution in [0.2, 0.25) is 0 Å². The molecule has 2 aliphatic carbocycles. The van der Waals surface area contributed by atoms with Crippen molar-refractivity contribution in [1.29, 1.82) is 0 Å². The number of fused-ring (bicyclic) bond motifs is 10. The van der Waals surface area contributed by atoms with E-state index in [0.29, 0.717) is 22.4 Å². The number of nitrogens with zero attached hydrogens (tertiary/aromatic N) is 2. The molecule has 0 saturated carbocycles. The van der Waals surface area contributed by atoms with E-state index in [1.54, 1.807) is 24.3 Å². The van der Waals surface area contributed by atoms with E-state index in [9.17, 15) is 24.5 Å². The smallest absolute Gasteiger partial charge is 0.269 e. The highest BCUT2D eigenvalue weighted by molar-refractivity contribution is 6.19. The summed E-state index contributed by atoms with van der Waals surface area (Å²) < 4.78 is 0. The first-order valence-electron chi connectivity index (χ1n) is 13.1. The van der Waals surface area contributed by atoms with Crippen LogP contribution in [0.15, 0.2) is 97.1 Å². The maximum absolute atomic E-state index is 14.5. The Bertz CT molecular complexity index is 1740. The maximum atomic E-state index is 14.5. The molecule has 2 aliphatic heterocycles. The number of carbonyl (C=O) groups is 3. The molecule has 1 amide bonds. The number of ketones is 2. The lowest BCUT2D eigenvalue weighted by molar-refractivity contribution is -0.384. The number of nitrogens with one attached hydrogen (secondary N) is 1. The molecule has 1 N–H and O–H groups in total. The number of nitro benzene ring substituents is 1. The van der Waals surface area contributed by atoms with Crippen LogP contribution in [0.3, 0.4) is 0 Å². The highest BCUT2D eigenvalue weighted by atomic mass is 16.6. The van der Waals surface area contributed by atoms with Gasteiger partial charge in [0.1, 0.15) is 5.41 Å². The fourth-order valence-corrected chi connectivity index (χ4v) is 7.82. The van der Waals surface area contributed by atoms with E-state index < -0.39 is 40.2 Å². The Balaban J connectivity index is 1.51. The topological polar surface area (TPSA) is 110 Å². The number of rotatable bonds is 2. The Morgan fingerprint density at radius 1 is 0.725 bits per heavy atom. The van der Waals surface area contributed by atoms with Gasteiger partial charge in [0.15, 0.2) is 11.6 Å². The van der Waals surface area contributed by atoms with Crippen LogP contribution in [0.1, 0.15) is 49.5 Å². The Hall–Kier alpha value is -5.11. The molecule has 2 heterocycles. The zero-order valence-corrected chi connectivity index (χ0v) is 21.0. The lowest BCUT2D eigenvalue weighted by atomic mass is 9.55. The van der Waals surface area contributed by atoms with Gasteiger partial charge in [0.25, 0.3) is 5.69 Å². The van der Waals surface area contributed by atoms with Gasteiger partial charge < -0.3 is 10.2 Å². The third-order valence-electron chi connectivity index (χ3n) is 9.20. The normalized spacial score (nSPS) is 27.1. The Morgan fingerprint density at radius 2 is 1.27 bits per heavy atom. The number of hydrogen-bond acceptors (Lipinski definition) is 6. The van der Waals surface area contributed by atoms with Gasteiger partial charge >= 0.3 is 0 Å². The summed E-state index contributed by atoms with van der Waals surface area (Å²) in [5.74, 6) is -2.90. The van der Waals surface area contributed by atoms with Crippen molar-refractivity contribution in [2.45, 2.75) is 17.5 Å². The Morgan fingerprint density at radius 3 is 1.85 bits per heavy atom. The molecule has 0 radical (unpaired) electrons. The fraction of sp³-hybridized carbons (Fsp3) is 0.156. The summed E-state index contributed by atoms with van der Waals surface area (Å²) >= 11 is 0.